The summed E-state index contributed by atoms with van der Waals surface area (Å²) >= 11 is 0. The molecule has 1 aliphatic rings. The van der Waals surface area contributed by atoms with Crippen molar-refractivity contribution < 1.29 is 4.79 Å². The molecule has 0 aliphatic carbocycles. The largest absolute Gasteiger partial charge is 0.329 e. The number of benzene rings is 2. The Labute approximate surface area is 176 Å². The normalized spacial score (nSPS) is 16.2. The molecule has 30 heavy (non-hydrogen) atoms. The molecule has 0 unspecified atom stereocenters. The summed E-state index contributed by atoms with van der Waals surface area (Å²) < 4.78 is 0. The van der Waals surface area contributed by atoms with Gasteiger partial charge in [-0.25, -0.2) is 0 Å². The van der Waals surface area contributed by atoms with Crippen LogP contribution in [-0.2, 0) is 0 Å². The summed E-state index contributed by atoms with van der Waals surface area (Å²) in [6.45, 7) is 2.74. The zero-order valence-corrected chi connectivity index (χ0v) is 17.0. The number of amides is 1. The Bertz CT molecular complexity index is 1210. The highest BCUT2D eigenvalue weighted by molar-refractivity contribution is 6.05. The van der Waals surface area contributed by atoms with E-state index in [0.29, 0.717) is 5.69 Å². The molecule has 148 valence electrons. The molecule has 1 aliphatic heterocycles. The van der Waals surface area contributed by atoms with Gasteiger partial charge in [-0.15, -0.1) is 0 Å². The Morgan fingerprint density at radius 2 is 1.77 bits per heavy atom. The second-order valence-electron chi connectivity index (χ2n) is 7.83. The van der Waals surface area contributed by atoms with Crippen molar-refractivity contribution in [3.05, 3.63) is 96.1 Å². The van der Waals surface area contributed by atoms with Crippen molar-refractivity contribution in [1.29, 1.82) is 0 Å². The molecule has 4 aromatic rings. The number of aryl methyl sites for hydroxylation is 1. The van der Waals surface area contributed by atoms with E-state index in [1.807, 2.05) is 60.4 Å². The van der Waals surface area contributed by atoms with Gasteiger partial charge in [0, 0.05) is 23.8 Å². The zero-order valence-electron chi connectivity index (χ0n) is 17.0. The molecule has 1 atom stereocenters. The fourth-order valence-corrected chi connectivity index (χ4v) is 4.41. The standard InChI is InChI=1S/C26H23N3O/c1-18-16-21(19-8-3-2-4-9-19)17-23(28-18)24-12-7-15-29(24)26(30)25-22-11-6-5-10-20(22)13-14-27-25/h2-6,8-11,13-14,16-17,24H,7,12,15H2,1H3/t24-/m1/s1. The number of fused-ring (bicyclic) bond motifs is 1. The number of likely N-dealkylation sites (tertiary alicyclic amines) is 1. The summed E-state index contributed by atoms with van der Waals surface area (Å²) in [7, 11) is 0. The van der Waals surface area contributed by atoms with Crippen LogP contribution in [-0.4, -0.2) is 27.3 Å². The molecule has 0 bridgehead atoms. The fraction of sp³-hybridized carbons (Fsp3) is 0.192. The average Bonchev–Trinajstić information content (AvgIpc) is 3.28. The Kier molecular flexibility index (Phi) is 4.75. The quantitative estimate of drug-likeness (QED) is 0.456. The van der Waals surface area contributed by atoms with Crippen LogP contribution in [0.2, 0.25) is 0 Å². The van der Waals surface area contributed by atoms with Crippen LogP contribution < -0.4 is 0 Å². The Hall–Kier alpha value is -3.53. The van der Waals surface area contributed by atoms with E-state index >= 15 is 0 Å². The zero-order chi connectivity index (χ0) is 20.5. The molecule has 1 saturated heterocycles. The van der Waals surface area contributed by atoms with E-state index in [1.54, 1.807) is 6.20 Å². The van der Waals surface area contributed by atoms with E-state index in [4.69, 9.17) is 4.98 Å². The molecule has 2 aromatic heterocycles. The maximum absolute atomic E-state index is 13.5. The second-order valence-corrected chi connectivity index (χ2v) is 7.83. The van der Waals surface area contributed by atoms with E-state index in [1.165, 1.54) is 0 Å². The molecule has 1 fully saturated rings. The molecule has 0 N–H and O–H groups in total. The van der Waals surface area contributed by atoms with Gasteiger partial charge in [0.1, 0.15) is 5.69 Å². The first-order chi connectivity index (χ1) is 14.7. The predicted octanol–water partition coefficient (Wildman–Crippen LogP) is 5.58. The van der Waals surface area contributed by atoms with Crippen LogP contribution in [0.5, 0.6) is 0 Å². The summed E-state index contributed by atoms with van der Waals surface area (Å²) in [5.74, 6) is -0.0149. The van der Waals surface area contributed by atoms with Gasteiger partial charge in [-0.05, 0) is 54.5 Å². The fourth-order valence-electron chi connectivity index (χ4n) is 4.41. The summed E-state index contributed by atoms with van der Waals surface area (Å²) in [6, 6.07) is 24.4. The van der Waals surface area contributed by atoms with Crippen LogP contribution in [0, 0.1) is 6.92 Å². The highest BCUT2D eigenvalue weighted by Gasteiger charge is 2.33. The van der Waals surface area contributed by atoms with Crippen LogP contribution in [0.1, 0.15) is 40.8 Å². The third-order valence-electron chi connectivity index (χ3n) is 5.81. The molecule has 5 rings (SSSR count). The second kappa shape index (κ2) is 7.71. The first-order valence-electron chi connectivity index (χ1n) is 10.4. The van der Waals surface area contributed by atoms with Crippen molar-refractivity contribution >= 4 is 16.7 Å². The lowest BCUT2D eigenvalue weighted by atomic mass is 10.0. The topological polar surface area (TPSA) is 46.1 Å². The van der Waals surface area contributed by atoms with Gasteiger partial charge in [0.2, 0.25) is 0 Å². The minimum Gasteiger partial charge on any atom is -0.329 e. The van der Waals surface area contributed by atoms with Crippen LogP contribution >= 0.6 is 0 Å². The first kappa shape index (κ1) is 18.5. The van der Waals surface area contributed by atoms with Crippen LogP contribution in [0.25, 0.3) is 21.9 Å². The van der Waals surface area contributed by atoms with E-state index in [2.05, 4.69) is 29.2 Å². The van der Waals surface area contributed by atoms with Crippen LogP contribution in [0.4, 0.5) is 0 Å². The molecule has 0 spiro atoms. The number of carbonyl (C=O) groups is 1. The Morgan fingerprint density at radius 1 is 0.967 bits per heavy atom. The van der Waals surface area contributed by atoms with Gasteiger partial charge in [0.15, 0.2) is 0 Å². The lowest BCUT2D eigenvalue weighted by molar-refractivity contribution is 0.0729. The molecule has 0 radical (unpaired) electrons. The van der Waals surface area contributed by atoms with Gasteiger partial charge < -0.3 is 4.90 Å². The average molecular weight is 393 g/mol. The maximum Gasteiger partial charge on any atom is 0.273 e. The lowest BCUT2D eigenvalue weighted by Gasteiger charge is -2.25. The summed E-state index contributed by atoms with van der Waals surface area (Å²) in [5, 5.41) is 1.93. The summed E-state index contributed by atoms with van der Waals surface area (Å²) in [4.78, 5) is 24.7. The third-order valence-corrected chi connectivity index (χ3v) is 5.81. The van der Waals surface area contributed by atoms with Crippen LogP contribution in [0.15, 0.2) is 79.0 Å². The summed E-state index contributed by atoms with van der Waals surface area (Å²) in [5.41, 5.74) is 4.75. The van der Waals surface area contributed by atoms with Crippen molar-refractivity contribution in [3.63, 3.8) is 0 Å². The minimum atomic E-state index is -0.0272. The van der Waals surface area contributed by atoms with E-state index in [9.17, 15) is 4.79 Å². The van der Waals surface area contributed by atoms with E-state index < -0.39 is 0 Å². The molecular weight excluding hydrogens is 370 g/mol. The minimum absolute atomic E-state index is 0.0149. The van der Waals surface area contributed by atoms with Gasteiger partial charge in [0.05, 0.1) is 11.7 Å². The smallest absolute Gasteiger partial charge is 0.273 e. The van der Waals surface area contributed by atoms with Crippen molar-refractivity contribution in [2.75, 3.05) is 6.54 Å². The van der Waals surface area contributed by atoms with Gasteiger partial charge in [-0.1, -0.05) is 54.6 Å². The van der Waals surface area contributed by atoms with Crippen molar-refractivity contribution in [3.8, 4) is 11.1 Å². The Balaban J connectivity index is 1.53. The predicted molar refractivity (Wildman–Crippen MR) is 119 cm³/mol. The maximum atomic E-state index is 13.5. The number of carbonyl (C=O) groups excluding carboxylic acids is 1. The number of pyridine rings is 2. The number of rotatable bonds is 3. The monoisotopic (exact) mass is 393 g/mol. The SMILES string of the molecule is Cc1cc(-c2ccccc2)cc([C@H]2CCCN2C(=O)c2nccc3ccccc23)n1. The number of hydrogen-bond donors (Lipinski definition) is 0. The van der Waals surface area contributed by atoms with Gasteiger partial charge in [0.25, 0.3) is 5.91 Å². The molecule has 1 amide bonds. The van der Waals surface area contributed by atoms with Gasteiger partial charge in [-0.2, -0.15) is 0 Å². The first-order valence-corrected chi connectivity index (χ1v) is 10.4. The highest BCUT2D eigenvalue weighted by atomic mass is 16.2. The lowest BCUT2D eigenvalue weighted by Crippen LogP contribution is -2.31. The molecule has 3 heterocycles. The molecule has 2 aromatic carbocycles. The molecule has 4 heteroatoms. The number of hydrogen-bond acceptors (Lipinski definition) is 3. The third kappa shape index (κ3) is 3.35. The highest BCUT2D eigenvalue weighted by Crippen LogP contribution is 2.35. The number of aromatic nitrogens is 2. The van der Waals surface area contributed by atoms with E-state index in [-0.39, 0.29) is 11.9 Å². The molecule has 4 nitrogen and oxygen atoms in total. The van der Waals surface area contributed by atoms with Gasteiger partial charge in [-0.3, -0.25) is 14.8 Å². The van der Waals surface area contributed by atoms with Crippen molar-refractivity contribution in [1.82, 2.24) is 14.9 Å². The molecular formula is C26H23N3O. The Morgan fingerprint density at radius 3 is 2.63 bits per heavy atom. The van der Waals surface area contributed by atoms with Crippen molar-refractivity contribution in [2.24, 2.45) is 0 Å². The van der Waals surface area contributed by atoms with Gasteiger partial charge >= 0.3 is 0 Å². The van der Waals surface area contributed by atoms with Crippen molar-refractivity contribution in [2.45, 2.75) is 25.8 Å². The summed E-state index contributed by atoms with van der Waals surface area (Å²) in [6.07, 6.45) is 3.61. The van der Waals surface area contributed by atoms with Crippen LogP contribution in [0.3, 0.4) is 0 Å². The van der Waals surface area contributed by atoms with E-state index in [0.717, 1.165) is 52.7 Å². The molecule has 0 saturated carbocycles. The number of nitrogens with zero attached hydrogens (tertiary/aromatic N) is 3.